The highest BCUT2D eigenvalue weighted by molar-refractivity contribution is 7.12. The van der Waals surface area contributed by atoms with Gasteiger partial charge >= 0.3 is 0 Å². The van der Waals surface area contributed by atoms with E-state index in [1.807, 2.05) is 5.38 Å². The third kappa shape index (κ3) is 3.38. The first kappa shape index (κ1) is 13.2. The molecule has 6 heteroatoms. The van der Waals surface area contributed by atoms with Gasteiger partial charge in [0.2, 0.25) is 11.3 Å². The SMILES string of the molecule is O=C(c1cccs1)C(Cl)N=Nc1ccc(Cl)cc1. The van der Waals surface area contributed by atoms with Gasteiger partial charge in [0.15, 0.2) is 0 Å². The number of ketones is 1. The third-order valence-corrected chi connectivity index (χ3v) is 3.50. The molecule has 0 saturated carbocycles. The van der Waals surface area contributed by atoms with Crippen molar-refractivity contribution in [2.75, 3.05) is 0 Å². The number of benzene rings is 1. The van der Waals surface area contributed by atoms with E-state index in [0.717, 1.165) is 0 Å². The summed E-state index contributed by atoms with van der Waals surface area (Å²) in [4.78, 5) is 12.4. The Kier molecular flexibility index (Phi) is 4.47. The second-order valence-electron chi connectivity index (χ2n) is 3.37. The van der Waals surface area contributed by atoms with Gasteiger partial charge in [-0.1, -0.05) is 29.3 Å². The Balaban J connectivity index is 2.05. The highest BCUT2D eigenvalue weighted by atomic mass is 35.5. The van der Waals surface area contributed by atoms with Crippen molar-refractivity contribution in [3.05, 3.63) is 51.7 Å². The second-order valence-corrected chi connectivity index (χ2v) is 5.17. The van der Waals surface area contributed by atoms with Crippen LogP contribution in [0.2, 0.25) is 5.02 Å². The van der Waals surface area contributed by atoms with Crippen molar-refractivity contribution >= 4 is 46.0 Å². The molecule has 92 valence electrons. The lowest BCUT2D eigenvalue weighted by atomic mass is 10.3. The molecule has 0 fully saturated rings. The zero-order chi connectivity index (χ0) is 13.0. The lowest BCUT2D eigenvalue weighted by molar-refractivity contribution is 0.0991. The summed E-state index contributed by atoms with van der Waals surface area (Å²) < 4.78 is 0. The molecule has 2 rings (SSSR count). The average molecular weight is 299 g/mol. The molecular formula is C12H8Cl2N2OS. The fraction of sp³-hybridized carbons (Fsp3) is 0.0833. The van der Waals surface area contributed by atoms with Crippen LogP contribution in [0, 0.1) is 0 Å². The molecule has 0 radical (unpaired) electrons. The molecule has 0 bridgehead atoms. The van der Waals surface area contributed by atoms with Gasteiger partial charge in [0.05, 0.1) is 10.6 Å². The van der Waals surface area contributed by atoms with Crippen LogP contribution in [0.25, 0.3) is 0 Å². The van der Waals surface area contributed by atoms with Crippen molar-refractivity contribution in [2.45, 2.75) is 5.50 Å². The summed E-state index contributed by atoms with van der Waals surface area (Å²) in [6.07, 6.45) is 0. The van der Waals surface area contributed by atoms with Crippen molar-refractivity contribution in [1.82, 2.24) is 0 Å². The molecule has 0 N–H and O–H groups in total. The summed E-state index contributed by atoms with van der Waals surface area (Å²) in [6.45, 7) is 0. The van der Waals surface area contributed by atoms with Crippen molar-refractivity contribution in [3.8, 4) is 0 Å². The molecule has 1 unspecified atom stereocenters. The zero-order valence-corrected chi connectivity index (χ0v) is 11.4. The van der Waals surface area contributed by atoms with E-state index in [2.05, 4.69) is 10.2 Å². The molecule has 3 nitrogen and oxygen atoms in total. The van der Waals surface area contributed by atoms with Crippen molar-refractivity contribution in [1.29, 1.82) is 0 Å². The number of halogens is 2. The van der Waals surface area contributed by atoms with E-state index in [-0.39, 0.29) is 5.78 Å². The summed E-state index contributed by atoms with van der Waals surface area (Å²) in [5, 5.41) is 10.1. The van der Waals surface area contributed by atoms with Crippen LogP contribution in [0.4, 0.5) is 5.69 Å². The molecule has 0 amide bonds. The molecule has 2 aromatic rings. The van der Waals surface area contributed by atoms with Crippen LogP contribution in [-0.4, -0.2) is 11.3 Å². The number of Topliss-reactive ketones (excluding diaryl/α,β-unsaturated/α-hetero) is 1. The molecule has 0 aliphatic heterocycles. The van der Waals surface area contributed by atoms with E-state index in [1.165, 1.54) is 11.3 Å². The monoisotopic (exact) mass is 298 g/mol. The lowest BCUT2D eigenvalue weighted by Gasteiger charge is -1.99. The van der Waals surface area contributed by atoms with Crippen LogP contribution >= 0.6 is 34.5 Å². The lowest BCUT2D eigenvalue weighted by Crippen LogP contribution is -2.09. The van der Waals surface area contributed by atoms with E-state index < -0.39 is 5.50 Å². The number of alkyl halides is 1. The molecule has 1 aromatic carbocycles. The third-order valence-electron chi connectivity index (χ3n) is 2.08. The maximum atomic E-state index is 11.8. The largest absolute Gasteiger partial charge is 0.289 e. The van der Waals surface area contributed by atoms with Crippen LogP contribution in [0.5, 0.6) is 0 Å². The first-order valence-corrected chi connectivity index (χ1v) is 6.74. The normalized spacial score (nSPS) is 12.8. The van der Waals surface area contributed by atoms with Crippen LogP contribution in [-0.2, 0) is 0 Å². The molecule has 1 heterocycles. The maximum absolute atomic E-state index is 11.8. The Bertz CT molecular complexity index is 552. The summed E-state index contributed by atoms with van der Waals surface area (Å²) in [7, 11) is 0. The molecule has 1 aromatic heterocycles. The fourth-order valence-corrected chi connectivity index (χ4v) is 2.25. The van der Waals surface area contributed by atoms with Gasteiger partial charge in [-0.05, 0) is 35.7 Å². The van der Waals surface area contributed by atoms with Gasteiger partial charge in [0.25, 0.3) is 0 Å². The zero-order valence-electron chi connectivity index (χ0n) is 9.09. The number of nitrogens with zero attached hydrogens (tertiary/aromatic N) is 2. The van der Waals surface area contributed by atoms with Crippen molar-refractivity contribution in [3.63, 3.8) is 0 Å². The number of hydrogen-bond donors (Lipinski definition) is 0. The smallest absolute Gasteiger partial charge is 0.214 e. The molecule has 0 aliphatic rings. The van der Waals surface area contributed by atoms with Gasteiger partial charge < -0.3 is 0 Å². The van der Waals surface area contributed by atoms with Gasteiger partial charge in [0, 0.05) is 5.02 Å². The van der Waals surface area contributed by atoms with Crippen LogP contribution in [0.1, 0.15) is 9.67 Å². The number of thiophene rings is 1. The Morgan fingerprint density at radius 3 is 2.56 bits per heavy atom. The van der Waals surface area contributed by atoms with Crippen LogP contribution < -0.4 is 0 Å². The summed E-state index contributed by atoms with van der Waals surface area (Å²) in [5.74, 6) is -0.246. The Labute approximate surface area is 118 Å². The average Bonchev–Trinajstić information content (AvgIpc) is 2.90. The standard InChI is InChI=1S/C12H8Cl2N2OS/c13-8-3-5-9(6-4-8)15-16-12(14)11(17)10-2-1-7-18-10/h1-7,12H. The minimum Gasteiger partial charge on any atom is -0.289 e. The van der Waals surface area contributed by atoms with E-state index in [1.54, 1.807) is 36.4 Å². The van der Waals surface area contributed by atoms with E-state index in [9.17, 15) is 4.79 Å². The quantitative estimate of drug-likeness (QED) is 0.341. The Morgan fingerprint density at radius 1 is 1.22 bits per heavy atom. The van der Waals surface area contributed by atoms with Gasteiger partial charge in [-0.25, -0.2) is 0 Å². The Morgan fingerprint density at radius 2 is 1.94 bits per heavy atom. The molecule has 18 heavy (non-hydrogen) atoms. The molecule has 0 spiro atoms. The van der Waals surface area contributed by atoms with Crippen LogP contribution in [0.3, 0.4) is 0 Å². The van der Waals surface area contributed by atoms with E-state index in [0.29, 0.717) is 15.6 Å². The minimum atomic E-state index is -1.00. The number of carbonyl (C=O) groups excluding carboxylic acids is 1. The number of rotatable bonds is 4. The number of azo groups is 1. The van der Waals surface area contributed by atoms with Crippen molar-refractivity contribution in [2.24, 2.45) is 10.2 Å². The second kappa shape index (κ2) is 6.09. The van der Waals surface area contributed by atoms with Gasteiger partial charge in [-0.3, -0.25) is 4.79 Å². The Hall–Kier alpha value is -1.23. The van der Waals surface area contributed by atoms with E-state index in [4.69, 9.17) is 23.2 Å². The van der Waals surface area contributed by atoms with Crippen molar-refractivity contribution < 1.29 is 4.79 Å². The molecule has 0 aliphatic carbocycles. The molecule has 0 saturated heterocycles. The first-order valence-electron chi connectivity index (χ1n) is 5.05. The summed E-state index contributed by atoms with van der Waals surface area (Å²) >= 11 is 12.9. The first-order chi connectivity index (χ1) is 8.66. The highest BCUT2D eigenvalue weighted by Gasteiger charge is 2.17. The topological polar surface area (TPSA) is 41.8 Å². The summed E-state index contributed by atoms with van der Waals surface area (Å²) in [5.41, 5.74) is -0.400. The molecule has 1 atom stereocenters. The number of hydrogen-bond acceptors (Lipinski definition) is 4. The van der Waals surface area contributed by atoms with Gasteiger partial charge in [-0.2, -0.15) is 10.2 Å². The minimum absolute atomic E-state index is 0.246. The molecular weight excluding hydrogens is 291 g/mol. The van der Waals surface area contributed by atoms with Gasteiger partial charge in [0.1, 0.15) is 0 Å². The summed E-state index contributed by atoms with van der Waals surface area (Å²) in [6, 6.07) is 10.3. The highest BCUT2D eigenvalue weighted by Crippen LogP contribution is 2.19. The van der Waals surface area contributed by atoms with E-state index >= 15 is 0 Å². The predicted octanol–water partition coefficient (Wildman–Crippen LogP) is 4.93. The fourth-order valence-electron chi connectivity index (χ4n) is 1.21. The predicted molar refractivity (Wildman–Crippen MR) is 74.3 cm³/mol. The number of carbonyl (C=O) groups is 1. The van der Waals surface area contributed by atoms with Crippen LogP contribution in [0.15, 0.2) is 52.0 Å². The van der Waals surface area contributed by atoms with Gasteiger partial charge in [-0.15, -0.1) is 11.3 Å². The maximum Gasteiger partial charge on any atom is 0.214 e.